The Morgan fingerprint density at radius 2 is 1.56 bits per heavy atom. The number of Topliss-reactive ketones (excluding diaryl/α,β-unsaturated/α-hetero) is 2. The third-order valence-corrected chi connectivity index (χ3v) is 9.22. The molecular weight excluding hydrogens is 526 g/mol. The van der Waals surface area contributed by atoms with Crippen LogP contribution in [-0.4, -0.2) is 82.6 Å². The number of anilines is 1. The Morgan fingerprint density at radius 1 is 0.951 bits per heavy atom. The molecule has 3 aliphatic rings. The first-order valence-electron chi connectivity index (χ1n) is 13.4. The van der Waals surface area contributed by atoms with Crippen molar-refractivity contribution in [1.82, 2.24) is 4.90 Å². The molecule has 2 aromatic carbocycles. The predicted molar refractivity (Wildman–Crippen MR) is 153 cm³/mol. The number of fused-ring (bicyclic) bond motifs is 3. The number of hydrogen-bond donors (Lipinski definition) is 5. The Morgan fingerprint density at radius 3 is 2.10 bits per heavy atom. The van der Waals surface area contributed by atoms with Gasteiger partial charge in [0.2, 0.25) is 5.78 Å². The number of carbonyl (C=O) groups excluding carboxylic acids is 3. The van der Waals surface area contributed by atoms with Gasteiger partial charge in [-0.25, -0.2) is 0 Å². The molecule has 10 nitrogen and oxygen atoms in total. The molecular formula is C31H35N3O7. The maximum atomic E-state index is 14.2. The van der Waals surface area contributed by atoms with Crippen molar-refractivity contribution < 1.29 is 34.8 Å². The number of phenols is 1. The molecule has 2 aromatic rings. The first-order valence-corrected chi connectivity index (χ1v) is 13.4. The molecule has 6 atom stereocenters. The van der Waals surface area contributed by atoms with E-state index in [1.807, 2.05) is 50.2 Å². The van der Waals surface area contributed by atoms with Crippen molar-refractivity contribution in [3.63, 3.8) is 0 Å². The average Bonchev–Trinajstić information content (AvgIpc) is 2.90. The van der Waals surface area contributed by atoms with E-state index in [4.69, 9.17) is 5.73 Å². The lowest BCUT2D eigenvalue weighted by atomic mass is 9.51. The molecule has 1 fully saturated rings. The number of likely N-dealkylation sites (N-methyl/N-ethyl adjacent to an activating group) is 1. The number of primary amides is 1. The van der Waals surface area contributed by atoms with E-state index < -0.39 is 69.9 Å². The second-order valence-electron chi connectivity index (χ2n) is 11.8. The van der Waals surface area contributed by atoms with Crippen molar-refractivity contribution in [2.45, 2.75) is 31.4 Å². The number of aliphatic hydroxyl groups excluding tert-OH is 2. The van der Waals surface area contributed by atoms with Gasteiger partial charge in [-0.2, -0.15) is 0 Å². The number of rotatable bonds is 4. The zero-order valence-corrected chi connectivity index (χ0v) is 23.8. The van der Waals surface area contributed by atoms with E-state index in [1.165, 1.54) is 4.90 Å². The molecule has 0 aliphatic heterocycles. The molecule has 0 aromatic heterocycles. The Bertz CT molecular complexity index is 1560. The molecule has 0 bridgehead atoms. The van der Waals surface area contributed by atoms with Crippen LogP contribution in [0.3, 0.4) is 0 Å². The topological polar surface area (TPSA) is 165 Å². The largest absolute Gasteiger partial charge is 0.508 e. The monoisotopic (exact) mass is 561 g/mol. The van der Waals surface area contributed by atoms with Crippen molar-refractivity contribution in [2.75, 3.05) is 33.1 Å². The third-order valence-electron chi connectivity index (χ3n) is 9.22. The summed E-state index contributed by atoms with van der Waals surface area (Å²) in [7, 11) is 6.98. The molecule has 1 amide bonds. The summed E-state index contributed by atoms with van der Waals surface area (Å²) >= 11 is 0. The molecule has 0 heterocycles. The fraction of sp³-hybridized carbons (Fsp3) is 0.387. The number of aliphatic hydroxyl groups is 3. The highest BCUT2D eigenvalue weighted by Gasteiger charge is 2.67. The Hall–Kier alpha value is -4.15. The predicted octanol–water partition coefficient (Wildman–Crippen LogP) is 2.50. The first-order chi connectivity index (χ1) is 19.2. The SMILES string of the molecule is C[C@@H]1[C@@H]2C(=C(O)c3c(ccc(-c4ccc(N(C)C)cc4)c3O)[C@@H]2C)C(=O)[C@]2(O)C(O)=C(C(N)=O)C(=O)[C@H](N(C)C)[C@@H]12. The van der Waals surface area contributed by atoms with Crippen molar-refractivity contribution in [1.29, 1.82) is 0 Å². The van der Waals surface area contributed by atoms with E-state index in [2.05, 4.69) is 0 Å². The highest BCUT2D eigenvalue weighted by Crippen LogP contribution is 2.58. The van der Waals surface area contributed by atoms with Gasteiger partial charge in [0.1, 0.15) is 22.8 Å². The van der Waals surface area contributed by atoms with Crippen LogP contribution in [0.2, 0.25) is 0 Å². The van der Waals surface area contributed by atoms with Crippen LogP contribution in [-0.2, 0) is 14.4 Å². The number of hydrogen-bond acceptors (Lipinski definition) is 9. The van der Waals surface area contributed by atoms with Gasteiger partial charge in [0.25, 0.3) is 5.91 Å². The Balaban J connectivity index is 1.74. The number of nitrogens with two attached hydrogens (primary N) is 1. The number of amides is 1. The molecule has 10 heteroatoms. The van der Waals surface area contributed by atoms with E-state index in [1.54, 1.807) is 33.2 Å². The lowest BCUT2D eigenvalue weighted by Gasteiger charge is -2.54. The van der Waals surface area contributed by atoms with Crippen molar-refractivity contribution >= 4 is 28.9 Å². The van der Waals surface area contributed by atoms with Crippen LogP contribution in [0, 0.1) is 17.8 Å². The maximum absolute atomic E-state index is 14.2. The summed E-state index contributed by atoms with van der Waals surface area (Å²) in [5, 5.41) is 46.2. The molecule has 5 rings (SSSR count). The summed E-state index contributed by atoms with van der Waals surface area (Å²) in [5.41, 5.74) is 4.48. The fourth-order valence-electron chi connectivity index (χ4n) is 7.27. The summed E-state index contributed by atoms with van der Waals surface area (Å²) in [6, 6.07) is 9.89. The number of phenolic OH excluding ortho intramolecular Hbond substituents is 1. The average molecular weight is 562 g/mol. The number of nitrogens with zero attached hydrogens (tertiary/aromatic N) is 2. The minimum Gasteiger partial charge on any atom is -0.508 e. The van der Waals surface area contributed by atoms with E-state index in [-0.39, 0.29) is 16.9 Å². The summed E-state index contributed by atoms with van der Waals surface area (Å²) in [4.78, 5) is 43.3. The lowest BCUT2D eigenvalue weighted by Crippen LogP contribution is -2.68. The zero-order valence-electron chi connectivity index (χ0n) is 23.8. The Labute approximate surface area is 238 Å². The van der Waals surface area contributed by atoms with Gasteiger partial charge < -0.3 is 31.1 Å². The molecule has 0 unspecified atom stereocenters. The maximum Gasteiger partial charge on any atom is 0.255 e. The van der Waals surface area contributed by atoms with Crippen LogP contribution in [0.4, 0.5) is 5.69 Å². The van der Waals surface area contributed by atoms with Crippen LogP contribution in [0.5, 0.6) is 5.75 Å². The minimum atomic E-state index is -2.70. The van der Waals surface area contributed by atoms with Crippen LogP contribution in [0.1, 0.15) is 30.9 Å². The molecule has 0 radical (unpaired) electrons. The van der Waals surface area contributed by atoms with Gasteiger partial charge in [-0.05, 0) is 49.2 Å². The van der Waals surface area contributed by atoms with Crippen molar-refractivity contribution in [2.24, 2.45) is 23.5 Å². The number of ketones is 2. The first kappa shape index (κ1) is 28.4. The number of aromatic hydroxyl groups is 1. The smallest absolute Gasteiger partial charge is 0.255 e. The van der Waals surface area contributed by atoms with Gasteiger partial charge in [-0.1, -0.05) is 38.1 Å². The van der Waals surface area contributed by atoms with Gasteiger partial charge >= 0.3 is 0 Å². The molecule has 41 heavy (non-hydrogen) atoms. The zero-order chi connectivity index (χ0) is 30.3. The summed E-state index contributed by atoms with van der Waals surface area (Å²) < 4.78 is 0. The van der Waals surface area contributed by atoms with E-state index in [0.717, 1.165) is 5.69 Å². The van der Waals surface area contributed by atoms with Gasteiger partial charge in [-0.15, -0.1) is 0 Å². The molecule has 3 aliphatic carbocycles. The van der Waals surface area contributed by atoms with Gasteiger partial charge in [0.15, 0.2) is 11.4 Å². The van der Waals surface area contributed by atoms with E-state index in [0.29, 0.717) is 16.7 Å². The summed E-state index contributed by atoms with van der Waals surface area (Å²) in [6.45, 7) is 3.60. The second-order valence-corrected chi connectivity index (χ2v) is 11.8. The fourth-order valence-corrected chi connectivity index (χ4v) is 7.27. The van der Waals surface area contributed by atoms with Gasteiger partial charge in [0.05, 0.1) is 11.6 Å². The highest BCUT2D eigenvalue weighted by atomic mass is 16.3. The molecule has 216 valence electrons. The lowest BCUT2D eigenvalue weighted by molar-refractivity contribution is -0.160. The van der Waals surface area contributed by atoms with Crippen LogP contribution < -0.4 is 10.6 Å². The summed E-state index contributed by atoms with van der Waals surface area (Å²) in [5.74, 6) is -7.78. The molecule has 0 spiro atoms. The standard InChI is InChI=1S/C31H35N3O7/c1-13-17-11-12-18(15-7-9-16(10-8-15)33(3)4)25(35)20(17)26(36)21-19(13)14(2)23-24(34(5)6)27(37)22(30(32)40)29(39)31(23,41)28(21)38/h7-14,19,23-24,35-36,39,41H,1-6H3,(H2,32,40)/t13-,14+,19+,23+,24+,31-/m0/s1. The van der Waals surface area contributed by atoms with Crippen LogP contribution >= 0.6 is 0 Å². The highest BCUT2D eigenvalue weighted by molar-refractivity contribution is 6.24. The molecule has 1 saturated carbocycles. The number of benzene rings is 2. The number of carbonyl (C=O) groups is 3. The van der Waals surface area contributed by atoms with Crippen molar-refractivity contribution in [3.05, 3.63) is 64.4 Å². The van der Waals surface area contributed by atoms with E-state index >= 15 is 0 Å². The minimum absolute atomic E-state index is 0.0650. The van der Waals surface area contributed by atoms with Gasteiger partial charge in [-0.3, -0.25) is 19.3 Å². The quantitative estimate of drug-likeness (QED) is 0.353. The normalized spacial score (nSPS) is 29.3. The third kappa shape index (κ3) is 3.74. The Kier molecular flexibility index (Phi) is 6.55. The molecule has 0 saturated heterocycles. The van der Waals surface area contributed by atoms with Crippen LogP contribution in [0.25, 0.3) is 16.9 Å². The van der Waals surface area contributed by atoms with Crippen LogP contribution in [0.15, 0.2) is 53.3 Å². The molecule has 6 N–H and O–H groups in total. The van der Waals surface area contributed by atoms with E-state index in [9.17, 15) is 34.8 Å². The second kappa shape index (κ2) is 9.46. The van der Waals surface area contributed by atoms with Gasteiger partial charge in [0, 0.05) is 42.8 Å². The van der Waals surface area contributed by atoms with Crippen molar-refractivity contribution in [3.8, 4) is 16.9 Å². The summed E-state index contributed by atoms with van der Waals surface area (Å²) in [6.07, 6.45) is 0.